The van der Waals surface area contributed by atoms with Crippen LogP contribution < -0.4 is 11.1 Å². The molecule has 1 saturated heterocycles. The van der Waals surface area contributed by atoms with E-state index in [4.69, 9.17) is 10.5 Å². The first kappa shape index (κ1) is 13.4. The van der Waals surface area contributed by atoms with Gasteiger partial charge in [0, 0.05) is 19.3 Å². The topological polar surface area (TPSA) is 98.5 Å². The van der Waals surface area contributed by atoms with Gasteiger partial charge in [0.2, 0.25) is 5.91 Å². The Morgan fingerprint density at radius 2 is 2.19 bits per heavy atom. The number of amides is 1. The molecule has 0 bridgehead atoms. The van der Waals surface area contributed by atoms with Crippen LogP contribution >= 0.6 is 0 Å². The van der Waals surface area contributed by atoms with E-state index in [9.17, 15) is 13.2 Å². The number of carbonyl (C=O) groups is 1. The minimum atomic E-state index is -3.03. The molecular weight excluding hydrogens is 232 g/mol. The molecule has 7 heteroatoms. The summed E-state index contributed by atoms with van der Waals surface area (Å²) in [6, 6.07) is 0. The van der Waals surface area contributed by atoms with E-state index in [1.165, 1.54) is 0 Å². The van der Waals surface area contributed by atoms with Crippen molar-refractivity contribution < 1.29 is 17.9 Å². The lowest BCUT2D eigenvalue weighted by atomic mass is 10.2. The minimum Gasteiger partial charge on any atom is -0.364 e. The molecule has 1 amide bonds. The van der Waals surface area contributed by atoms with Gasteiger partial charge in [0.25, 0.3) is 0 Å². The second-order valence-electron chi connectivity index (χ2n) is 3.98. The standard InChI is InChI=1S/C9H18N2O4S/c1-16(13,14)5-4-11-9(12)8-3-2-7(6-10)15-8/h7-8H,2-6,10H2,1H3,(H,11,12). The van der Waals surface area contributed by atoms with E-state index in [1.54, 1.807) is 0 Å². The summed E-state index contributed by atoms with van der Waals surface area (Å²) in [7, 11) is -3.03. The van der Waals surface area contributed by atoms with Crippen LogP contribution in [0.3, 0.4) is 0 Å². The van der Waals surface area contributed by atoms with Crippen molar-refractivity contribution in [1.29, 1.82) is 0 Å². The molecular formula is C9H18N2O4S. The number of sulfone groups is 1. The number of carbonyl (C=O) groups excluding carboxylic acids is 1. The smallest absolute Gasteiger partial charge is 0.249 e. The van der Waals surface area contributed by atoms with E-state index < -0.39 is 15.9 Å². The van der Waals surface area contributed by atoms with Crippen molar-refractivity contribution in [3.63, 3.8) is 0 Å². The molecule has 2 unspecified atom stereocenters. The van der Waals surface area contributed by atoms with E-state index in [0.717, 1.165) is 12.7 Å². The van der Waals surface area contributed by atoms with Gasteiger partial charge in [-0.3, -0.25) is 4.79 Å². The number of nitrogens with one attached hydrogen (secondary N) is 1. The van der Waals surface area contributed by atoms with Crippen LogP contribution in [0.4, 0.5) is 0 Å². The highest BCUT2D eigenvalue weighted by Crippen LogP contribution is 2.18. The minimum absolute atomic E-state index is 0.0498. The third-order valence-corrected chi connectivity index (χ3v) is 3.38. The summed E-state index contributed by atoms with van der Waals surface area (Å²) in [5.74, 6) is -0.300. The molecule has 16 heavy (non-hydrogen) atoms. The maximum atomic E-state index is 11.5. The number of ether oxygens (including phenoxy) is 1. The van der Waals surface area contributed by atoms with Gasteiger partial charge < -0.3 is 15.8 Å². The van der Waals surface area contributed by atoms with Crippen LogP contribution in [0.15, 0.2) is 0 Å². The first-order valence-corrected chi connectivity index (χ1v) is 7.29. The first-order valence-electron chi connectivity index (χ1n) is 5.23. The Labute approximate surface area is 95.4 Å². The molecule has 0 aromatic carbocycles. The summed E-state index contributed by atoms with van der Waals surface area (Å²) >= 11 is 0. The van der Waals surface area contributed by atoms with Crippen LogP contribution in [-0.2, 0) is 19.4 Å². The zero-order valence-corrected chi connectivity index (χ0v) is 10.1. The first-order chi connectivity index (χ1) is 7.42. The Morgan fingerprint density at radius 1 is 1.50 bits per heavy atom. The van der Waals surface area contributed by atoms with Crippen molar-refractivity contribution in [1.82, 2.24) is 5.32 Å². The highest BCUT2D eigenvalue weighted by atomic mass is 32.2. The molecule has 1 heterocycles. The summed E-state index contributed by atoms with van der Waals surface area (Å²) in [6.45, 7) is 0.540. The van der Waals surface area contributed by atoms with Crippen LogP contribution in [0.2, 0.25) is 0 Å². The number of hydrogen-bond donors (Lipinski definition) is 2. The van der Waals surface area contributed by atoms with Crippen LogP contribution in [0.1, 0.15) is 12.8 Å². The Kier molecular flexibility index (Phi) is 4.69. The Bertz CT molecular complexity index is 341. The fourth-order valence-corrected chi connectivity index (χ4v) is 2.02. The molecule has 0 saturated carbocycles. The van der Waals surface area contributed by atoms with Crippen molar-refractivity contribution in [2.45, 2.75) is 25.0 Å². The largest absolute Gasteiger partial charge is 0.364 e. The average Bonchev–Trinajstić information content (AvgIpc) is 2.63. The molecule has 0 aliphatic carbocycles. The Hall–Kier alpha value is -0.660. The molecule has 1 rings (SSSR count). The Morgan fingerprint density at radius 3 is 2.69 bits per heavy atom. The van der Waals surface area contributed by atoms with Crippen molar-refractivity contribution in [2.24, 2.45) is 5.73 Å². The predicted octanol–water partition coefficient (Wildman–Crippen LogP) is -1.35. The van der Waals surface area contributed by atoms with E-state index in [0.29, 0.717) is 13.0 Å². The second kappa shape index (κ2) is 5.60. The average molecular weight is 250 g/mol. The van der Waals surface area contributed by atoms with Crippen molar-refractivity contribution in [3.8, 4) is 0 Å². The maximum Gasteiger partial charge on any atom is 0.249 e. The summed E-state index contributed by atoms with van der Waals surface area (Å²) in [6.07, 6.45) is 2.03. The third kappa shape index (κ3) is 4.46. The molecule has 0 aromatic rings. The van der Waals surface area contributed by atoms with Gasteiger partial charge in [-0.05, 0) is 12.8 Å². The summed E-state index contributed by atoms with van der Waals surface area (Å²) < 4.78 is 27.0. The van der Waals surface area contributed by atoms with Gasteiger partial charge in [-0.25, -0.2) is 8.42 Å². The molecule has 1 aliphatic rings. The molecule has 3 N–H and O–H groups in total. The SMILES string of the molecule is CS(=O)(=O)CCNC(=O)C1CCC(CN)O1. The van der Waals surface area contributed by atoms with Crippen LogP contribution in [-0.4, -0.2) is 51.6 Å². The summed E-state index contributed by atoms with van der Waals surface area (Å²) in [5, 5.41) is 2.54. The fraction of sp³-hybridized carbons (Fsp3) is 0.889. The predicted molar refractivity (Wildman–Crippen MR) is 59.7 cm³/mol. The molecule has 0 spiro atoms. The lowest BCUT2D eigenvalue weighted by molar-refractivity contribution is -0.131. The van der Waals surface area contributed by atoms with Crippen molar-refractivity contribution in [3.05, 3.63) is 0 Å². The van der Waals surface area contributed by atoms with Gasteiger partial charge in [0.15, 0.2) is 0 Å². The van der Waals surface area contributed by atoms with Gasteiger partial charge in [-0.15, -0.1) is 0 Å². The van der Waals surface area contributed by atoms with Gasteiger partial charge in [-0.1, -0.05) is 0 Å². The van der Waals surface area contributed by atoms with Crippen molar-refractivity contribution in [2.75, 3.05) is 25.1 Å². The zero-order chi connectivity index (χ0) is 12.2. The maximum absolute atomic E-state index is 11.5. The molecule has 6 nitrogen and oxygen atoms in total. The van der Waals surface area contributed by atoms with E-state index in [-0.39, 0.29) is 24.3 Å². The lowest BCUT2D eigenvalue weighted by Crippen LogP contribution is -2.37. The van der Waals surface area contributed by atoms with Crippen LogP contribution in [0, 0.1) is 0 Å². The van der Waals surface area contributed by atoms with E-state index in [2.05, 4.69) is 5.32 Å². The molecule has 94 valence electrons. The van der Waals surface area contributed by atoms with Crippen LogP contribution in [0.25, 0.3) is 0 Å². The van der Waals surface area contributed by atoms with Crippen LogP contribution in [0.5, 0.6) is 0 Å². The lowest BCUT2D eigenvalue weighted by Gasteiger charge is -2.12. The van der Waals surface area contributed by atoms with Crippen molar-refractivity contribution >= 4 is 15.7 Å². The molecule has 1 fully saturated rings. The van der Waals surface area contributed by atoms with Gasteiger partial charge in [-0.2, -0.15) is 0 Å². The summed E-state index contributed by atoms with van der Waals surface area (Å²) in [4.78, 5) is 11.5. The van der Waals surface area contributed by atoms with Gasteiger partial charge >= 0.3 is 0 Å². The number of nitrogens with two attached hydrogens (primary N) is 1. The number of hydrogen-bond acceptors (Lipinski definition) is 5. The van der Waals surface area contributed by atoms with Gasteiger partial charge in [0.1, 0.15) is 15.9 Å². The Balaban J connectivity index is 2.26. The highest BCUT2D eigenvalue weighted by molar-refractivity contribution is 7.90. The van der Waals surface area contributed by atoms with Gasteiger partial charge in [0.05, 0.1) is 11.9 Å². The monoisotopic (exact) mass is 250 g/mol. The fourth-order valence-electron chi connectivity index (χ4n) is 1.55. The highest BCUT2D eigenvalue weighted by Gasteiger charge is 2.29. The number of rotatable bonds is 5. The summed E-state index contributed by atoms with van der Waals surface area (Å²) in [5.41, 5.74) is 5.42. The molecule has 0 radical (unpaired) electrons. The van der Waals surface area contributed by atoms with E-state index >= 15 is 0 Å². The molecule has 1 aliphatic heterocycles. The quantitative estimate of drug-likeness (QED) is 0.629. The second-order valence-corrected chi connectivity index (χ2v) is 6.24. The van der Waals surface area contributed by atoms with E-state index in [1.807, 2.05) is 0 Å². The third-order valence-electron chi connectivity index (χ3n) is 2.43. The normalized spacial score (nSPS) is 25.6. The molecule has 0 aromatic heterocycles. The molecule has 2 atom stereocenters. The zero-order valence-electron chi connectivity index (χ0n) is 9.31.